The van der Waals surface area contributed by atoms with E-state index in [2.05, 4.69) is 14.9 Å². The number of likely N-dealkylation sites (tertiary alicyclic amines) is 1. The zero-order valence-electron chi connectivity index (χ0n) is 11.6. The Morgan fingerprint density at radius 3 is 2.81 bits per heavy atom. The summed E-state index contributed by atoms with van der Waals surface area (Å²) in [5, 5.41) is 0. The maximum Gasteiger partial charge on any atom is 0.231 e. The molecule has 0 spiro atoms. The number of aromatic nitrogens is 2. The van der Waals surface area contributed by atoms with Crippen molar-refractivity contribution < 1.29 is 9.21 Å². The molecule has 0 aliphatic carbocycles. The number of carbonyl (C=O) groups is 1. The Morgan fingerprint density at radius 1 is 1.24 bits per heavy atom. The van der Waals surface area contributed by atoms with Gasteiger partial charge in [-0.2, -0.15) is 0 Å². The van der Waals surface area contributed by atoms with Crippen LogP contribution in [-0.2, 0) is 11.3 Å². The number of carbonyl (C=O) groups excluding carboxylic acids is 1. The Morgan fingerprint density at radius 2 is 2.10 bits per heavy atom. The third-order valence-electron chi connectivity index (χ3n) is 4.34. The number of hydrogen-bond donors (Lipinski definition) is 0. The van der Waals surface area contributed by atoms with E-state index in [0.717, 1.165) is 37.6 Å². The van der Waals surface area contributed by atoms with E-state index in [0.29, 0.717) is 5.92 Å². The van der Waals surface area contributed by atoms with Crippen molar-refractivity contribution >= 4 is 11.6 Å². The van der Waals surface area contributed by atoms with E-state index < -0.39 is 0 Å². The molecule has 2 fully saturated rings. The fourth-order valence-electron chi connectivity index (χ4n) is 3.37. The van der Waals surface area contributed by atoms with E-state index in [1.54, 1.807) is 18.7 Å². The molecule has 0 bridgehead atoms. The largest absolute Gasteiger partial charge is 0.468 e. The van der Waals surface area contributed by atoms with Gasteiger partial charge in [-0.1, -0.05) is 0 Å². The van der Waals surface area contributed by atoms with Crippen molar-refractivity contribution in [2.24, 2.45) is 11.8 Å². The van der Waals surface area contributed by atoms with Gasteiger partial charge in [-0.05, 0) is 12.1 Å². The van der Waals surface area contributed by atoms with Gasteiger partial charge in [-0.15, -0.1) is 0 Å². The number of anilines is 1. The molecule has 2 aliphatic rings. The Kier molecular flexibility index (Phi) is 2.96. The highest BCUT2D eigenvalue weighted by Gasteiger charge is 2.46. The average molecular weight is 284 g/mol. The number of nitrogens with zero attached hydrogens (tertiary/aromatic N) is 4. The molecule has 0 saturated carbocycles. The molecular weight excluding hydrogens is 268 g/mol. The lowest BCUT2D eigenvalue weighted by atomic mass is 10.0. The highest BCUT2D eigenvalue weighted by Crippen LogP contribution is 2.35. The third kappa shape index (κ3) is 2.21. The van der Waals surface area contributed by atoms with Crippen LogP contribution in [0.2, 0.25) is 0 Å². The van der Waals surface area contributed by atoms with Crippen LogP contribution >= 0.6 is 0 Å². The van der Waals surface area contributed by atoms with Crippen LogP contribution < -0.4 is 4.90 Å². The standard InChI is InChI=1S/C15H16N4O2/c20-15-14-9-18(8-13-2-1-3-21-13)6-11(14)7-19(15)12-4-16-10-17-5-12/h1-5,10-11,14H,6-9H2/t11-,14-/m1/s1. The fraction of sp³-hybridized carbons (Fsp3) is 0.400. The SMILES string of the molecule is O=C1[C@@H]2CN(Cc3ccco3)C[C@@H]2CN1c1cncnc1. The number of furan rings is 1. The smallest absolute Gasteiger partial charge is 0.231 e. The van der Waals surface area contributed by atoms with E-state index in [1.807, 2.05) is 17.0 Å². The lowest BCUT2D eigenvalue weighted by Gasteiger charge is -2.20. The fourth-order valence-corrected chi connectivity index (χ4v) is 3.37. The summed E-state index contributed by atoms with van der Waals surface area (Å²) >= 11 is 0. The number of hydrogen-bond acceptors (Lipinski definition) is 5. The molecule has 6 nitrogen and oxygen atoms in total. The van der Waals surface area contributed by atoms with Gasteiger partial charge in [0.05, 0.1) is 36.8 Å². The minimum Gasteiger partial charge on any atom is -0.468 e. The Labute approximate surface area is 122 Å². The predicted octanol–water partition coefficient (Wildman–Crippen LogP) is 1.16. The molecule has 21 heavy (non-hydrogen) atoms. The molecule has 4 rings (SSSR count). The number of rotatable bonds is 3. The minimum atomic E-state index is 0.0835. The van der Waals surface area contributed by atoms with Crippen LogP contribution in [0.5, 0.6) is 0 Å². The molecule has 2 aromatic rings. The maximum atomic E-state index is 12.6. The van der Waals surface area contributed by atoms with Gasteiger partial charge in [0.25, 0.3) is 0 Å². The van der Waals surface area contributed by atoms with E-state index in [4.69, 9.17) is 4.42 Å². The second-order valence-corrected chi connectivity index (χ2v) is 5.69. The van der Waals surface area contributed by atoms with Gasteiger partial charge in [0.15, 0.2) is 0 Å². The first-order valence-electron chi connectivity index (χ1n) is 7.12. The molecule has 0 N–H and O–H groups in total. The quantitative estimate of drug-likeness (QED) is 0.846. The highest BCUT2D eigenvalue weighted by molar-refractivity contribution is 5.97. The first kappa shape index (κ1) is 12.5. The van der Waals surface area contributed by atoms with Gasteiger partial charge in [-0.25, -0.2) is 9.97 Å². The normalized spacial score (nSPS) is 25.5. The third-order valence-corrected chi connectivity index (χ3v) is 4.34. The molecule has 108 valence electrons. The monoisotopic (exact) mass is 284 g/mol. The van der Waals surface area contributed by atoms with Crippen molar-refractivity contribution in [3.8, 4) is 0 Å². The maximum absolute atomic E-state index is 12.6. The topological polar surface area (TPSA) is 62.5 Å². The van der Waals surface area contributed by atoms with Crippen molar-refractivity contribution in [3.63, 3.8) is 0 Å². The Balaban J connectivity index is 1.45. The van der Waals surface area contributed by atoms with Gasteiger partial charge in [0.1, 0.15) is 12.1 Å². The summed E-state index contributed by atoms with van der Waals surface area (Å²) in [6.45, 7) is 3.27. The van der Waals surface area contributed by atoms with Crippen LogP contribution in [0.3, 0.4) is 0 Å². The molecule has 1 amide bonds. The number of fused-ring (bicyclic) bond motifs is 1. The van der Waals surface area contributed by atoms with Gasteiger partial charge in [0.2, 0.25) is 5.91 Å². The molecule has 0 radical (unpaired) electrons. The van der Waals surface area contributed by atoms with Crippen molar-refractivity contribution in [3.05, 3.63) is 42.9 Å². The molecule has 4 heterocycles. The highest BCUT2D eigenvalue weighted by atomic mass is 16.3. The Bertz CT molecular complexity index is 628. The van der Waals surface area contributed by atoms with E-state index in [9.17, 15) is 4.79 Å². The lowest BCUT2D eigenvalue weighted by Crippen LogP contribution is -2.32. The average Bonchev–Trinajstić information content (AvgIpc) is 3.20. The minimum absolute atomic E-state index is 0.0835. The number of amides is 1. The predicted molar refractivity (Wildman–Crippen MR) is 75.4 cm³/mol. The summed E-state index contributed by atoms with van der Waals surface area (Å²) in [6.07, 6.45) is 6.57. The molecule has 2 saturated heterocycles. The zero-order valence-corrected chi connectivity index (χ0v) is 11.6. The summed E-state index contributed by atoms with van der Waals surface area (Å²) < 4.78 is 5.38. The van der Waals surface area contributed by atoms with Crippen LogP contribution in [0, 0.1) is 11.8 Å². The summed E-state index contributed by atoms with van der Waals surface area (Å²) in [4.78, 5) is 24.7. The summed E-state index contributed by atoms with van der Waals surface area (Å²) in [7, 11) is 0. The van der Waals surface area contributed by atoms with Crippen LogP contribution in [0.1, 0.15) is 5.76 Å². The Hall–Kier alpha value is -2.21. The summed E-state index contributed by atoms with van der Waals surface area (Å²) in [5.74, 6) is 1.61. The van der Waals surface area contributed by atoms with Crippen molar-refractivity contribution in [2.75, 3.05) is 24.5 Å². The molecule has 2 aromatic heterocycles. The van der Waals surface area contributed by atoms with Crippen molar-refractivity contribution in [1.82, 2.24) is 14.9 Å². The van der Waals surface area contributed by atoms with Gasteiger partial charge < -0.3 is 9.32 Å². The van der Waals surface area contributed by atoms with Gasteiger partial charge >= 0.3 is 0 Å². The van der Waals surface area contributed by atoms with Crippen LogP contribution in [0.4, 0.5) is 5.69 Å². The van der Waals surface area contributed by atoms with Crippen LogP contribution in [0.15, 0.2) is 41.5 Å². The summed E-state index contributed by atoms with van der Waals surface area (Å²) in [6, 6.07) is 3.87. The van der Waals surface area contributed by atoms with E-state index in [1.165, 1.54) is 6.33 Å². The molecule has 2 aliphatic heterocycles. The second kappa shape index (κ2) is 4.96. The van der Waals surface area contributed by atoms with Crippen LogP contribution in [0.25, 0.3) is 0 Å². The van der Waals surface area contributed by atoms with Crippen LogP contribution in [-0.4, -0.2) is 40.4 Å². The molecule has 0 aromatic carbocycles. The van der Waals surface area contributed by atoms with Gasteiger partial charge in [-0.3, -0.25) is 9.69 Å². The van der Waals surface area contributed by atoms with E-state index in [-0.39, 0.29) is 11.8 Å². The molecule has 0 unspecified atom stereocenters. The molecular formula is C15H16N4O2. The van der Waals surface area contributed by atoms with Crippen molar-refractivity contribution in [2.45, 2.75) is 6.54 Å². The summed E-state index contributed by atoms with van der Waals surface area (Å²) in [5.41, 5.74) is 0.800. The zero-order chi connectivity index (χ0) is 14.2. The van der Waals surface area contributed by atoms with E-state index >= 15 is 0 Å². The van der Waals surface area contributed by atoms with Gasteiger partial charge in [0, 0.05) is 25.6 Å². The first-order chi connectivity index (χ1) is 10.3. The van der Waals surface area contributed by atoms with Crippen molar-refractivity contribution in [1.29, 1.82) is 0 Å². The molecule has 6 heteroatoms. The molecule has 2 atom stereocenters. The first-order valence-corrected chi connectivity index (χ1v) is 7.12. The lowest BCUT2D eigenvalue weighted by molar-refractivity contribution is -0.120. The second-order valence-electron chi connectivity index (χ2n) is 5.69.